The number of carbonyl (C=O) groups excluding carboxylic acids is 1. The maximum Gasteiger partial charge on any atom is 0.333 e. The molecule has 2 amide bonds. The summed E-state index contributed by atoms with van der Waals surface area (Å²) in [5, 5.41) is 2.62. The molecule has 0 unspecified atom stereocenters. The Morgan fingerprint density at radius 1 is 1.42 bits per heavy atom. The molecule has 6 heteroatoms. The minimum absolute atomic E-state index is 0.384. The first-order chi connectivity index (χ1) is 9.08. The van der Waals surface area contributed by atoms with Gasteiger partial charge in [0.25, 0.3) is 0 Å². The van der Waals surface area contributed by atoms with Crippen molar-refractivity contribution in [3.05, 3.63) is 23.8 Å². The highest BCUT2D eigenvalue weighted by Crippen LogP contribution is 2.29. The molecule has 0 spiro atoms. The Kier molecular flexibility index (Phi) is 6.11. The van der Waals surface area contributed by atoms with E-state index in [9.17, 15) is 4.79 Å². The summed E-state index contributed by atoms with van der Waals surface area (Å²) in [6, 6.07) is 5.20. The smallest absolute Gasteiger partial charge is 0.333 e. The summed E-state index contributed by atoms with van der Waals surface area (Å²) in [7, 11) is 0. The summed E-state index contributed by atoms with van der Waals surface area (Å²) in [4.78, 5) is 11.3. The molecule has 6 nitrogen and oxygen atoms in total. The fraction of sp³-hybridized carbons (Fsp3) is 0.462. The number of rotatable bonds is 6. The monoisotopic (exact) mass is 266 g/mol. The molecule has 0 aliphatic carbocycles. The van der Waals surface area contributed by atoms with Crippen molar-refractivity contribution in [2.75, 3.05) is 18.5 Å². The summed E-state index contributed by atoms with van der Waals surface area (Å²) < 4.78 is 5.65. The lowest BCUT2D eigenvalue weighted by Crippen LogP contribution is -2.34. The number of amides is 2. The minimum atomic E-state index is -0.485. The first-order valence-corrected chi connectivity index (χ1v) is 6.33. The van der Waals surface area contributed by atoms with Gasteiger partial charge < -0.3 is 15.8 Å². The van der Waals surface area contributed by atoms with Crippen LogP contribution in [0.3, 0.4) is 0 Å². The third-order valence-corrected chi connectivity index (χ3v) is 2.66. The average molecular weight is 266 g/mol. The van der Waals surface area contributed by atoms with Crippen LogP contribution in [0.25, 0.3) is 0 Å². The van der Waals surface area contributed by atoms with Crippen LogP contribution < -0.4 is 27.1 Å². The van der Waals surface area contributed by atoms with Crippen LogP contribution in [0.2, 0.25) is 0 Å². The highest BCUT2D eigenvalue weighted by atomic mass is 16.5. The molecule has 1 rings (SSSR count). The van der Waals surface area contributed by atoms with E-state index < -0.39 is 6.03 Å². The molecule has 0 aliphatic rings. The van der Waals surface area contributed by atoms with Crippen LogP contribution in [0, 0.1) is 0 Å². The largest absolute Gasteiger partial charge is 0.491 e. The second-order valence-electron chi connectivity index (χ2n) is 4.50. The Labute approximate surface area is 113 Å². The number of hydrogen-bond acceptors (Lipinski definition) is 4. The van der Waals surface area contributed by atoms with Gasteiger partial charge in [-0.2, -0.15) is 0 Å². The Bertz CT molecular complexity index is 421. The van der Waals surface area contributed by atoms with Gasteiger partial charge in [0.1, 0.15) is 5.75 Å². The van der Waals surface area contributed by atoms with E-state index in [1.54, 1.807) is 0 Å². The molecule has 0 saturated carbocycles. The van der Waals surface area contributed by atoms with Crippen LogP contribution in [-0.4, -0.2) is 19.2 Å². The van der Waals surface area contributed by atoms with E-state index in [0.29, 0.717) is 30.5 Å². The summed E-state index contributed by atoms with van der Waals surface area (Å²) >= 11 is 0. The van der Waals surface area contributed by atoms with Crippen molar-refractivity contribution in [3.63, 3.8) is 0 Å². The molecular formula is C13H22N4O2. The number of benzene rings is 1. The maximum atomic E-state index is 11.3. The SMILES string of the molecule is CC(C)c1ccc(NC(=O)NN)c(OCCCN)c1. The van der Waals surface area contributed by atoms with Crippen molar-refractivity contribution < 1.29 is 9.53 Å². The molecule has 0 saturated heterocycles. The number of nitrogens with two attached hydrogens (primary N) is 2. The molecule has 1 aromatic carbocycles. The van der Waals surface area contributed by atoms with E-state index in [2.05, 4.69) is 19.2 Å². The van der Waals surface area contributed by atoms with Crippen LogP contribution in [0.4, 0.5) is 10.5 Å². The maximum absolute atomic E-state index is 11.3. The minimum Gasteiger partial charge on any atom is -0.491 e. The molecule has 0 heterocycles. The summed E-state index contributed by atoms with van der Waals surface area (Å²) in [5.74, 6) is 6.06. The molecule has 0 bridgehead atoms. The lowest BCUT2D eigenvalue weighted by Gasteiger charge is -2.15. The van der Waals surface area contributed by atoms with E-state index >= 15 is 0 Å². The number of ether oxygens (including phenoxy) is 1. The zero-order valence-corrected chi connectivity index (χ0v) is 11.4. The predicted molar refractivity (Wildman–Crippen MR) is 76.0 cm³/mol. The highest BCUT2D eigenvalue weighted by Gasteiger charge is 2.09. The van der Waals surface area contributed by atoms with Gasteiger partial charge in [0.15, 0.2) is 0 Å². The third-order valence-electron chi connectivity index (χ3n) is 2.66. The molecule has 0 aliphatic heterocycles. The quantitative estimate of drug-likeness (QED) is 0.271. The van der Waals surface area contributed by atoms with E-state index in [1.165, 1.54) is 0 Å². The van der Waals surface area contributed by atoms with E-state index in [-0.39, 0.29) is 0 Å². The molecule has 0 aromatic heterocycles. The number of nitrogens with one attached hydrogen (secondary N) is 2. The Morgan fingerprint density at radius 3 is 2.74 bits per heavy atom. The van der Waals surface area contributed by atoms with Crippen molar-refractivity contribution in [1.82, 2.24) is 5.43 Å². The molecule has 0 fully saturated rings. The van der Waals surface area contributed by atoms with Crippen LogP contribution in [0.5, 0.6) is 5.75 Å². The van der Waals surface area contributed by atoms with Crippen molar-refractivity contribution >= 4 is 11.7 Å². The van der Waals surface area contributed by atoms with Gasteiger partial charge in [-0.15, -0.1) is 0 Å². The van der Waals surface area contributed by atoms with Crippen LogP contribution in [0.1, 0.15) is 31.7 Å². The van der Waals surface area contributed by atoms with Gasteiger partial charge in [-0.25, -0.2) is 10.6 Å². The van der Waals surface area contributed by atoms with Gasteiger partial charge in [-0.05, 0) is 36.6 Å². The molecule has 19 heavy (non-hydrogen) atoms. The molecule has 1 aromatic rings. The van der Waals surface area contributed by atoms with Gasteiger partial charge in [0.2, 0.25) is 0 Å². The summed E-state index contributed by atoms with van der Waals surface area (Å²) in [6.45, 7) is 5.27. The average Bonchev–Trinajstić information content (AvgIpc) is 2.40. The van der Waals surface area contributed by atoms with Gasteiger partial charge >= 0.3 is 6.03 Å². The van der Waals surface area contributed by atoms with Gasteiger partial charge in [0, 0.05) is 0 Å². The summed E-state index contributed by atoms with van der Waals surface area (Å²) in [5.41, 5.74) is 9.18. The Balaban J connectivity index is 2.90. The molecule has 6 N–H and O–H groups in total. The van der Waals surface area contributed by atoms with Crippen LogP contribution >= 0.6 is 0 Å². The second-order valence-corrected chi connectivity index (χ2v) is 4.50. The lowest BCUT2D eigenvalue weighted by atomic mass is 10.0. The second kappa shape index (κ2) is 7.60. The Hall–Kier alpha value is -1.79. The zero-order valence-electron chi connectivity index (χ0n) is 11.4. The first-order valence-electron chi connectivity index (χ1n) is 6.33. The van der Waals surface area contributed by atoms with Gasteiger partial charge in [-0.1, -0.05) is 19.9 Å². The van der Waals surface area contributed by atoms with Crippen molar-refractivity contribution in [1.29, 1.82) is 0 Å². The molecular weight excluding hydrogens is 244 g/mol. The lowest BCUT2D eigenvalue weighted by molar-refractivity contribution is 0.252. The normalized spacial score (nSPS) is 10.4. The van der Waals surface area contributed by atoms with E-state index in [1.807, 2.05) is 23.6 Å². The number of hydrazine groups is 1. The number of carbonyl (C=O) groups is 1. The van der Waals surface area contributed by atoms with Crippen molar-refractivity contribution in [2.45, 2.75) is 26.2 Å². The fourth-order valence-corrected chi connectivity index (χ4v) is 1.54. The molecule has 106 valence electrons. The number of hydrogen-bond donors (Lipinski definition) is 4. The topological polar surface area (TPSA) is 102 Å². The first kappa shape index (κ1) is 15.3. The molecule has 0 radical (unpaired) electrons. The van der Waals surface area contributed by atoms with E-state index in [4.69, 9.17) is 16.3 Å². The number of urea groups is 1. The number of anilines is 1. The van der Waals surface area contributed by atoms with Crippen LogP contribution in [0.15, 0.2) is 18.2 Å². The standard InChI is InChI=1S/C13H22N4O2/c1-9(2)10-4-5-11(16-13(18)17-15)12(8-10)19-7-3-6-14/h4-5,8-9H,3,6-7,14-15H2,1-2H3,(H2,16,17,18). The highest BCUT2D eigenvalue weighted by molar-refractivity contribution is 5.90. The zero-order chi connectivity index (χ0) is 14.3. The predicted octanol–water partition coefficient (Wildman–Crippen LogP) is 1.53. The van der Waals surface area contributed by atoms with Crippen LogP contribution in [-0.2, 0) is 0 Å². The van der Waals surface area contributed by atoms with E-state index in [0.717, 1.165) is 12.0 Å². The molecule has 0 atom stereocenters. The van der Waals surface area contributed by atoms with Crippen molar-refractivity contribution in [3.8, 4) is 5.75 Å². The third kappa shape index (κ3) is 4.76. The van der Waals surface area contributed by atoms with Crippen molar-refractivity contribution in [2.24, 2.45) is 11.6 Å². The summed E-state index contributed by atoms with van der Waals surface area (Å²) in [6.07, 6.45) is 0.758. The van der Waals surface area contributed by atoms with Gasteiger partial charge in [0.05, 0.1) is 12.3 Å². The fourth-order valence-electron chi connectivity index (χ4n) is 1.54. The van der Waals surface area contributed by atoms with Gasteiger partial charge in [-0.3, -0.25) is 5.43 Å². The Morgan fingerprint density at radius 2 is 2.16 bits per heavy atom.